The van der Waals surface area contributed by atoms with Crippen molar-refractivity contribution < 1.29 is 4.79 Å². The number of rotatable bonds is 3. The van der Waals surface area contributed by atoms with E-state index in [0.29, 0.717) is 17.9 Å². The number of hydrogen-bond acceptors (Lipinski definition) is 5. The molecule has 0 saturated heterocycles. The first-order chi connectivity index (χ1) is 9.74. The maximum absolute atomic E-state index is 12.1. The average Bonchev–Trinajstić information content (AvgIpc) is 2.98. The zero-order valence-electron chi connectivity index (χ0n) is 10.5. The summed E-state index contributed by atoms with van der Waals surface area (Å²) in [6.45, 7) is 0.442. The van der Waals surface area contributed by atoms with Gasteiger partial charge in [0.2, 0.25) is 0 Å². The van der Waals surface area contributed by atoms with E-state index in [1.165, 1.54) is 11.3 Å². The lowest BCUT2D eigenvalue weighted by molar-refractivity contribution is 0.0946. The van der Waals surface area contributed by atoms with Crippen molar-refractivity contribution in [1.82, 2.24) is 15.3 Å². The number of benzene rings is 1. The maximum Gasteiger partial charge on any atom is 0.270 e. The monoisotopic (exact) mass is 284 g/mol. The molecule has 3 rings (SSSR count). The molecule has 20 heavy (non-hydrogen) atoms. The first-order valence-electron chi connectivity index (χ1n) is 6.05. The first kappa shape index (κ1) is 12.6. The lowest BCUT2D eigenvalue weighted by Crippen LogP contribution is -2.23. The third-order valence-corrected chi connectivity index (χ3v) is 3.67. The highest BCUT2D eigenvalue weighted by Gasteiger charge is 2.10. The predicted octanol–water partition coefficient (Wildman–Crippen LogP) is 2.20. The Hall–Kier alpha value is -2.47. The van der Waals surface area contributed by atoms with Gasteiger partial charge in [-0.15, -0.1) is 11.3 Å². The Morgan fingerprint density at radius 3 is 3.00 bits per heavy atom. The van der Waals surface area contributed by atoms with Crippen LogP contribution in [-0.2, 0) is 6.54 Å². The summed E-state index contributed by atoms with van der Waals surface area (Å²) in [5.74, 6) is -0.240. The number of nitrogen functional groups attached to an aromatic ring is 1. The van der Waals surface area contributed by atoms with Gasteiger partial charge in [0.25, 0.3) is 5.91 Å². The average molecular weight is 284 g/mol. The van der Waals surface area contributed by atoms with Crippen LogP contribution >= 0.6 is 11.3 Å². The van der Waals surface area contributed by atoms with Crippen LogP contribution in [0.4, 0.5) is 5.69 Å². The van der Waals surface area contributed by atoms with Gasteiger partial charge in [-0.1, -0.05) is 18.2 Å². The van der Waals surface area contributed by atoms with Crippen LogP contribution in [0.2, 0.25) is 0 Å². The Labute approximate surface area is 119 Å². The van der Waals surface area contributed by atoms with Crippen molar-refractivity contribution in [2.75, 3.05) is 5.73 Å². The summed E-state index contributed by atoms with van der Waals surface area (Å²) in [4.78, 5) is 21.4. The van der Waals surface area contributed by atoms with E-state index in [1.54, 1.807) is 17.8 Å². The minimum Gasteiger partial charge on any atom is -0.398 e. The van der Waals surface area contributed by atoms with Crippen molar-refractivity contribution in [3.05, 3.63) is 52.6 Å². The summed E-state index contributed by atoms with van der Waals surface area (Å²) < 4.78 is 0. The Kier molecular flexibility index (Phi) is 3.30. The van der Waals surface area contributed by atoms with Crippen LogP contribution in [0.5, 0.6) is 0 Å². The van der Waals surface area contributed by atoms with Crippen molar-refractivity contribution in [2.45, 2.75) is 6.54 Å². The lowest BCUT2D eigenvalue weighted by atomic mass is 10.1. The molecule has 0 fully saturated rings. The number of para-hydroxylation sites is 1. The summed E-state index contributed by atoms with van der Waals surface area (Å²) in [6, 6.07) is 9.09. The lowest BCUT2D eigenvalue weighted by Gasteiger charge is -2.06. The van der Waals surface area contributed by atoms with Gasteiger partial charge < -0.3 is 11.1 Å². The fraction of sp³-hybridized carbons (Fsp3) is 0.0714. The number of carbonyl (C=O) groups excluding carboxylic acids is 1. The predicted molar refractivity (Wildman–Crippen MR) is 79.4 cm³/mol. The molecule has 0 saturated carbocycles. The number of hydrogen-bond donors (Lipinski definition) is 2. The Balaban J connectivity index is 1.84. The second-order valence-electron chi connectivity index (χ2n) is 4.26. The number of nitrogens with two attached hydrogens (primary N) is 1. The molecule has 1 aromatic carbocycles. The molecule has 0 aliphatic carbocycles. The molecule has 1 amide bonds. The number of amides is 1. The Morgan fingerprint density at radius 1 is 1.35 bits per heavy atom. The zero-order valence-corrected chi connectivity index (χ0v) is 11.4. The first-order valence-corrected chi connectivity index (χ1v) is 6.93. The highest BCUT2D eigenvalue weighted by molar-refractivity contribution is 7.09. The number of carbonyl (C=O) groups is 1. The maximum atomic E-state index is 12.1. The SMILES string of the molecule is Nc1cc(C(=O)NCc2cncs2)nc2ccccc12. The minimum atomic E-state index is -0.240. The van der Waals surface area contributed by atoms with E-state index >= 15 is 0 Å². The van der Waals surface area contributed by atoms with Gasteiger partial charge in [0, 0.05) is 22.1 Å². The van der Waals surface area contributed by atoms with E-state index in [1.807, 2.05) is 24.3 Å². The largest absolute Gasteiger partial charge is 0.398 e. The van der Waals surface area contributed by atoms with Crippen LogP contribution < -0.4 is 11.1 Å². The molecule has 0 atom stereocenters. The highest BCUT2D eigenvalue weighted by atomic mass is 32.1. The van der Waals surface area contributed by atoms with E-state index in [-0.39, 0.29) is 5.91 Å². The van der Waals surface area contributed by atoms with Crippen molar-refractivity contribution >= 4 is 33.8 Å². The Morgan fingerprint density at radius 2 is 2.20 bits per heavy atom. The fourth-order valence-corrected chi connectivity index (χ4v) is 2.44. The molecule has 0 aliphatic rings. The summed E-state index contributed by atoms with van der Waals surface area (Å²) in [6.07, 6.45) is 1.73. The smallest absolute Gasteiger partial charge is 0.270 e. The number of aromatic nitrogens is 2. The van der Waals surface area contributed by atoms with Crippen molar-refractivity contribution in [3.63, 3.8) is 0 Å². The van der Waals surface area contributed by atoms with Crippen LogP contribution in [0.3, 0.4) is 0 Å². The number of fused-ring (bicyclic) bond motifs is 1. The third-order valence-electron chi connectivity index (χ3n) is 2.89. The molecule has 100 valence electrons. The highest BCUT2D eigenvalue weighted by Crippen LogP contribution is 2.20. The normalized spacial score (nSPS) is 10.6. The van der Waals surface area contributed by atoms with E-state index in [4.69, 9.17) is 5.73 Å². The number of anilines is 1. The molecule has 3 N–H and O–H groups in total. The van der Waals surface area contributed by atoms with E-state index in [2.05, 4.69) is 15.3 Å². The van der Waals surface area contributed by atoms with Crippen molar-refractivity contribution in [3.8, 4) is 0 Å². The molecule has 2 aromatic heterocycles. The quantitative estimate of drug-likeness (QED) is 0.772. The number of nitrogens with one attached hydrogen (secondary N) is 1. The van der Waals surface area contributed by atoms with Gasteiger partial charge in [0.05, 0.1) is 17.6 Å². The molecular weight excluding hydrogens is 272 g/mol. The summed E-state index contributed by atoms with van der Waals surface area (Å²) >= 11 is 1.49. The van der Waals surface area contributed by atoms with Crippen LogP contribution in [0.1, 0.15) is 15.4 Å². The molecule has 6 heteroatoms. The van der Waals surface area contributed by atoms with Gasteiger partial charge in [-0.3, -0.25) is 9.78 Å². The molecule has 5 nitrogen and oxygen atoms in total. The number of pyridine rings is 1. The molecule has 0 unspecified atom stereocenters. The molecule has 0 aliphatic heterocycles. The van der Waals surface area contributed by atoms with E-state index in [9.17, 15) is 4.79 Å². The van der Waals surface area contributed by atoms with Crippen LogP contribution in [-0.4, -0.2) is 15.9 Å². The van der Waals surface area contributed by atoms with E-state index < -0.39 is 0 Å². The van der Waals surface area contributed by atoms with Crippen LogP contribution in [0.25, 0.3) is 10.9 Å². The molecule has 3 aromatic rings. The van der Waals surface area contributed by atoms with Crippen molar-refractivity contribution in [2.24, 2.45) is 0 Å². The van der Waals surface area contributed by atoms with Gasteiger partial charge in [-0.05, 0) is 12.1 Å². The fourth-order valence-electron chi connectivity index (χ4n) is 1.91. The van der Waals surface area contributed by atoms with Gasteiger partial charge in [0.15, 0.2) is 0 Å². The summed E-state index contributed by atoms with van der Waals surface area (Å²) in [5.41, 5.74) is 9.28. The standard InChI is InChI=1S/C14H12N4OS/c15-11-5-13(18-12-4-2-1-3-10(11)12)14(19)17-7-9-6-16-8-20-9/h1-6,8H,7H2,(H2,15,18)(H,17,19). The third kappa shape index (κ3) is 2.46. The van der Waals surface area contributed by atoms with Crippen LogP contribution in [0.15, 0.2) is 42.0 Å². The van der Waals surface area contributed by atoms with Gasteiger partial charge in [0.1, 0.15) is 5.69 Å². The van der Waals surface area contributed by atoms with Gasteiger partial charge in [-0.25, -0.2) is 4.98 Å². The molecule has 2 heterocycles. The van der Waals surface area contributed by atoms with Crippen molar-refractivity contribution in [1.29, 1.82) is 0 Å². The van der Waals surface area contributed by atoms with Gasteiger partial charge in [-0.2, -0.15) is 0 Å². The molecule has 0 bridgehead atoms. The molecular formula is C14H12N4OS. The number of thiazole rings is 1. The Bertz CT molecular complexity index is 755. The second kappa shape index (κ2) is 5.26. The van der Waals surface area contributed by atoms with Gasteiger partial charge >= 0.3 is 0 Å². The summed E-state index contributed by atoms with van der Waals surface area (Å²) in [5, 5.41) is 3.66. The van der Waals surface area contributed by atoms with Crippen LogP contribution in [0, 0.1) is 0 Å². The molecule has 0 spiro atoms. The molecule has 0 radical (unpaired) electrons. The second-order valence-corrected chi connectivity index (χ2v) is 5.24. The topological polar surface area (TPSA) is 80.9 Å². The van der Waals surface area contributed by atoms with E-state index in [0.717, 1.165) is 15.8 Å². The number of nitrogens with zero attached hydrogens (tertiary/aromatic N) is 2. The minimum absolute atomic E-state index is 0.240. The summed E-state index contributed by atoms with van der Waals surface area (Å²) in [7, 11) is 0. The zero-order chi connectivity index (χ0) is 13.9.